The number of piperidine rings is 1. The Morgan fingerprint density at radius 3 is 2.61 bits per heavy atom. The molecule has 0 aliphatic carbocycles. The van der Waals surface area contributed by atoms with Gasteiger partial charge in [-0.1, -0.05) is 30.9 Å². The first-order valence-corrected chi connectivity index (χ1v) is 10.9. The molecule has 7 heteroatoms. The quantitative estimate of drug-likeness (QED) is 0.852. The van der Waals surface area contributed by atoms with Gasteiger partial charge in [-0.2, -0.15) is 0 Å². The van der Waals surface area contributed by atoms with Gasteiger partial charge in [0.25, 0.3) is 5.91 Å². The Bertz CT molecular complexity index is 829. The van der Waals surface area contributed by atoms with Gasteiger partial charge in [0.05, 0.1) is 16.8 Å². The minimum Gasteiger partial charge on any atom is -0.392 e. The Morgan fingerprint density at radius 1 is 1.11 bits per heavy atom. The molecule has 1 atom stereocenters. The van der Waals surface area contributed by atoms with Crippen molar-refractivity contribution in [1.29, 1.82) is 0 Å². The fraction of sp³-hybridized carbons (Fsp3) is 0.619. The SMILES string of the molecule is O=C(c1nc2ccc(Cl)cn2c1CN1CCC[C@@H](O)C1)N1CCCCCCC1. The van der Waals surface area contributed by atoms with Crippen molar-refractivity contribution in [3.63, 3.8) is 0 Å². The van der Waals surface area contributed by atoms with Crippen LogP contribution >= 0.6 is 11.6 Å². The largest absolute Gasteiger partial charge is 0.392 e. The fourth-order valence-corrected chi connectivity index (χ4v) is 4.54. The number of likely N-dealkylation sites (tertiary alicyclic amines) is 2. The average Bonchev–Trinajstić information content (AvgIpc) is 2.99. The summed E-state index contributed by atoms with van der Waals surface area (Å²) in [4.78, 5) is 22.3. The molecule has 4 heterocycles. The molecule has 1 N–H and O–H groups in total. The summed E-state index contributed by atoms with van der Waals surface area (Å²) < 4.78 is 1.95. The van der Waals surface area contributed by atoms with Crippen LogP contribution in [-0.2, 0) is 6.54 Å². The van der Waals surface area contributed by atoms with Crippen LogP contribution in [-0.4, -0.2) is 62.5 Å². The van der Waals surface area contributed by atoms with Crippen LogP contribution in [0.3, 0.4) is 0 Å². The molecule has 4 rings (SSSR count). The zero-order chi connectivity index (χ0) is 19.5. The summed E-state index contributed by atoms with van der Waals surface area (Å²) in [5, 5.41) is 10.7. The van der Waals surface area contributed by atoms with Crippen molar-refractivity contribution >= 4 is 23.2 Å². The average molecular weight is 405 g/mol. The predicted octanol–water partition coefficient (Wildman–Crippen LogP) is 3.35. The number of carbonyl (C=O) groups excluding carboxylic acids is 1. The standard InChI is InChI=1S/C21H29ClN4O2/c22-16-8-9-19-23-20(21(28)25-11-4-2-1-3-5-12-25)18(26(19)13-16)15-24-10-6-7-17(27)14-24/h8-9,13,17,27H,1-7,10-12,14-15H2/t17-/m1/s1. The van der Waals surface area contributed by atoms with Gasteiger partial charge in [0.15, 0.2) is 5.69 Å². The Balaban J connectivity index is 1.66. The zero-order valence-corrected chi connectivity index (χ0v) is 17.1. The molecule has 0 saturated carbocycles. The summed E-state index contributed by atoms with van der Waals surface area (Å²) in [6.07, 6.45) is 9.08. The van der Waals surface area contributed by atoms with Gasteiger partial charge in [-0.25, -0.2) is 4.98 Å². The third-order valence-electron chi connectivity index (χ3n) is 5.88. The number of β-amino-alcohol motifs (C(OH)–C–C–N with tert-alkyl or cyclic N) is 1. The van der Waals surface area contributed by atoms with Gasteiger partial charge in [0.2, 0.25) is 0 Å². The number of carbonyl (C=O) groups is 1. The van der Waals surface area contributed by atoms with Crippen LogP contribution in [0.4, 0.5) is 0 Å². The van der Waals surface area contributed by atoms with E-state index in [1.165, 1.54) is 19.3 Å². The van der Waals surface area contributed by atoms with Gasteiger partial charge in [0.1, 0.15) is 5.65 Å². The lowest BCUT2D eigenvalue weighted by Gasteiger charge is -2.30. The summed E-state index contributed by atoms with van der Waals surface area (Å²) in [7, 11) is 0. The van der Waals surface area contributed by atoms with Crippen molar-refractivity contribution in [2.75, 3.05) is 26.2 Å². The summed E-state index contributed by atoms with van der Waals surface area (Å²) in [6.45, 7) is 3.74. The number of aromatic nitrogens is 2. The number of aliphatic hydroxyl groups is 1. The van der Waals surface area contributed by atoms with Gasteiger partial charge >= 0.3 is 0 Å². The molecular formula is C21H29ClN4O2. The molecule has 0 bridgehead atoms. The van der Waals surface area contributed by atoms with Gasteiger partial charge < -0.3 is 14.4 Å². The maximum atomic E-state index is 13.4. The first-order valence-electron chi connectivity index (χ1n) is 10.5. The highest BCUT2D eigenvalue weighted by molar-refractivity contribution is 6.30. The highest BCUT2D eigenvalue weighted by Gasteiger charge is 2.27. The molecule has 0 spiro atoms. The maximum absolute atomic E-state index is 13.4. The second-order valence-electron chi connectivity index (χ2n) is 8.07. The van der Waals surface area contributed by atoms with Crippen LogP contribution in [0.25, 0.3) is 5.65 Å². The van der Waals surface area contributed by atoms with Gasteiger partial charge in [-0.05, 0) is 44.4 Å². The molecule has 6 nitrogen and oxygen atoms in total. The molecule has 1 amide bonds. The number of pyridine rings is 1. The molecule has 152 valence electrons. The minimum absolute atomic E-state index is 0.0225. The number of imidazole rings is 1. The first-order chi connectivity index (χ1) is 13.6. The Kier molecular flexibility index (Phi) is 6.19. The number of hydrogen-bond donors (Lipinski definition) is 1. The third-order valence-corrected chi connectivity index (χ3v) is 6.10. The minimum atomic E-state index is -0.301. The molecule has 0 unspecified atom stereocenters. The monoisotopic (exact) mass is 404 g/mol. The van der Waals surface area contributed by atoms with Crippen molar-refractivity contribution in [2.45, 2.75) is 57.6 Å². The fourth-order valence-electron chi connectivity index (χ4n) is 4.38. The van der Waals surface area contributed by atoms with Gasteiger partial charge in [-0.15, -0.1) is 0 Å². The molecule has 2 fully saturated rings. The topological polar surface area (TPSA) is 61.1 Å². The molecule has 0 aromatic carbocycles. The van der Waals surface area contributed by atoms with E-state index in [1.54, 1.807) is 0 Å². The smallest absolute Gasteiger partial charge is 0.274 e. The Labute approximate surface area is 171 Å². The maximum Gasteiger partial charge on any atom is 0.274 e. The van der Waals surface area contributed by atoms with E-state index >= 15 is 0 Å². The van der Waals surface area contributed by atoms with E-state index in [0.29, 0.717) is 23.8 Å². The number of rotatable bonds is 3. The number of fused-ring (bicyclic) bond motifs is 1. The van der Waals surface area contributed by atoms with Gasteiger partial charge in [-0.3, -0.25) is 9.69 Å². The lowest BCUT2D eigenvalue weighted by atomic mass is 10.1. The molecule has 2 saturated heterocycles. The molecule has 28 heavy (non-hydrogen) atoms. The number of amides is 1. The number of hydrogen-bond acceptors (Lipinski definition) is 4. The summed E-state index contributed by atoms with van der Waals surface area (Å²) in [5.41, 5.74) is 2.15. The van der Waals surface area contributed by atoms with Gasteiger partial charge in [0, 0.05) is 32.4 Å². The van der Waals surface area contributed by atoms with Crippen LogP contribution in [0, 0.1) is 0 Å². The van der Waals surface area contributed by atoms with Crippen LogP contribution in [0.15, 0.2) is 18.3 Å². The van der Waals surface area contributed by atoms with E-state index in [9.17, 15) is 9.90 Å². The van der Waals surface area contributed by atoms with Crippen molar-refractivity contribution in [1.82, 2.24) is 19.2 Å². The second-order valence-corrected chi connectivity index (χ2v) is 8.51. The Morgan fingerprint density at radius 2 is 1.86 bits per heavy atom. The van der Waals surface area contributed by atoms with Crippen molar-refractivity contribution < 1.29 is 9.90 Å². The van der Waals surface area contributed by atoms with Crippen LogP contribution in [0.2, 0.25) is 5.02 Å². The first kappa shape index (κ1) is 19.7. The van der Waals surface area contributed by atoms with Crippen LogP contribution in [0.5, 0.6) is 0 Å². The zero-order valence-electron chi connectivity index (χ0n) is 16.3. The summed E-state index contributed by atoms with van der Waals surface area (Å²) in [6, 6.07) is 3.67. The van der Waals surface area contributed by atoms with Crippen molar-refractivity contribution in [3.8, 4) is 0 Å². The van der Waals surface area contributed by atoms with E-state index < -0.39 is 0 Å². The van der Waals surface area contributed by atoms with Crippen molar-refractivity contribution in [2.24, 2.45) is 0 Å². The van der Waals surface area contributed by atoms with Crippen LogP contribution < -0.4 is 0 Å². The predicted molar refractivity (Wildman–Crippen MR) is 110 cm³/mol. The van der Waals surface area contributed by atoms with E-state index in [1.807, 2.05) is 27.6 Å². The van der Waals surface area contributed by atoms with Crippen LogP contribution in [0.1, 0.15) is 61.1 Å². The molecule has 2 aromatic heterocycles. The lowest BCUT2D eigenvalue weighted by Crippen LogP contribution is -2.39. The normalized spacial score (nSPS) is 22.2. The third kappa shape index (κ3) is 4.34. The highest BCUT2D eigenvalue weighted by Crippen LogP contribution is 2.23. The summed E-state index contributed by atoms with van der Waals surface area (Å²) >= 11 is 6.24. The molecule has 2 aliphatic rings. The van der Waals surface area contributed by atoms with E-state index in [-0.39, 0.29) is 12.0 Å². The molecule has 2 aromatic rings. The number of nitrogens with zero attached hydrogens (tertiary/aromatic N) is 4. The van der Waals surface area contributed by atoms with Crippen molar-refractivity contribution in [3.05, 3.63) is 34.7 Å². The van der Waals surface area contributed by atoms with E-state index in [4.69, 9.17) is 16.6 Å². The molecule has 0 radical (unpaired) electrons. The number of halogens is 1. The van der Waals surface area contributed by atoms with E-state index in [2.05, 4.69) is 4.90 Å². The van der Waals surface area contributed by atoms with E-state index in [0.717, 1.165) is 56.7 Å². The second kappa shape index (κ2) is 8.80. The molecular weight excluding hydrogens is 376 g/mol. The summed E-state index contributed by atoms with van der Waals surface area (Å²) in [5.74, 6) is 0.0225. The number of aliphatic hydroxyl groups excluding tert-OH is 1. The molecule has 2 aliphatic heterocycles. The Hall–Kier alpha value is -1.63. The lowest BCUT2D eigenvalue weighted by molar-refractivity contribution is 0.0649. The highest BCUT2D eigenvalue weighted by atomic mass is 35.5.